The van der Waals surface area contributed by atoms with Crippen LogP contribution in [0.4, 0.5) is 0 Å². The van der Waals surface area contributed by atoms with Crippen molar-refractivity contribution in [1.29, 1.82) is 0 Å². The lowest BCUT2D eigenvalue weighted by molar-refractivity contribution is 1.80. The Balaban J connectivity index is 1.94. The molecule has 2 nitrogen and oxygen atoms in total. The summed E-state index contributed by atoms with van der Waals surface area (Å²) in [4.78, 5) is 27.1. The standard InChI is InChI=1S/C28H14O2/c29-27-20-12-6-5-11-19(20)24-25(27)18-10-4-3-9-17(18)23-21-13-15-7-1-2-8-16(15)14-22(21)28(30)26(23)24/h1-14H. The second-order valence-electron chi connectivity index (χ2n) is 7.99. The average Bonchev–Trinajstić information content (AvgIpc) is 3.25. The largest absolute Gasteiger partial charge is 0.289 e. The van der Waals surface area contributed by atoms with Crippen molar-refractivity contribution in [3.05, 3.63) is 105 Å². The van der Waals surface area contributed by atoms with E-state index in [1.54, 1.807) is 0 Å². The molecule has 0 saturated heterocycles. The third kappa shape index (κ3) is 1.75. The molecular weight excluding hydrogens is 368 g/mol. The Hall–Kier alpha value is -4.04. The molecule has 0 fully saturated rings. The van der Waals surface area contributed by atoms with Crippen molar-refractivity contribution < 1.29 is 0 Å². The normalized spacial score (nSPS) is 12.3. The van der Waals surface area contributed by atoms with Crippen molar-refractivity contribution in [3.8, 4) is 0 Å². The molecule has 0 saturated carbocycles. The van der Waals surface area contributed by atoms with E-state index in [1.807, 2.05) is 72.8 Å². The van der Waals surface area contributed by atoms with Gasteiger partial charge in [0.25, 0.3) is 0 Å². The van der Waals surface area contributed by atoms with Gasteiger partial charge in [0, 0.05) is 32.3 Å². The molecule has 0 aliphatic heterocycles. The van der Waals surface area contributed by atoms with Gasteiger partial charge in [0.15, 0.2) is 10.9 Å². The number of rotatable bonds is 0. The van der Waals surface area contributed by atoms with Gasteiger partial charge in [0.1, 0.15) is 0 Å². The SMILES string of the molecule is O=c1c2ccccc2c2c1c1ccccc1c1c3cc4ccccc4cc3c(=O)c12. The summed E-state index contributed by atoms with van der Waals surface area (Å²) in [6.07, 6.45) is 0. The monoisotopic (exact) mass is 382 g/mol. The fourth-order valence-electron chi connectivity index (χ4n) is 5.25. The van der Waals surface area contributed by atoms with Crippen molar-refractivity contribution in [1.82, 2.24) is 0 Å². The van der Waals surface area contributed by atoms with Crippen molar-refractivity contribution in [2.75, 3.05) is 0 Å². The van der Waals surface area contributed by atoms with Crippen LogP contribution in [0.25, 0.3) is 64.6 Å². The molecule has 2 heteroatoms. The predicted molar refractivity (Wildman–Crippen MR) is 126 cm³/mol. The fraction of sp³-hybridized carbons (Fsp3) is 0. The van der Waals surface area contributed by atoms with Crippen LogP contribution >= 0.6 is 0 Å². The van der Waals surface area contributed by atoms with E-state index < -0.39 is 0 Å². The summed E-state index contributed by atoms with van der Waals surface area (Å²) in [7, 11) is 0. The Morgan fingerprint density at radius 2 is 0.833 bits per heavy atom. The molecule has 0 atom stereocenters. The molecule has 30 heavy (non-hydrogen) atoms. The quantitative estimate of drug-likeness (QED) is 0.313. The molecule has 0 heterocycles. The van der Waals surface area contributed by atoms with Crippen LogP contribution in [0.2, 0.25) is 0 Å². The zero-order valence-electron chi connectivity index (χ0n) is 15.9. The van der Waals surface area contributed by atoms with E-state index in [9.17, 15) is 9.59 Å². The van der Waals surface area contributed by atoms with Crippen LogP contribution in [-0.2, 0) is 0 Å². The summed E-state index contributed by atoms with van der Waals surface area (Å²) in [5.74, 6) is 0. The van der Waals surface area contributed by atoms with Gasteiger partial charge in [0.05, 0.1) is 0 Å². The Kier molecular flexibility index (Phi) is 2.80. The highest BCUT2D eigenvalue weighted by Gasteiger charge is 2.22. The molecule has 0 aliphatic carbocycles. The van der Waals surface area contributed by atoms with Crippen LogP contribution in [0.5, 0.6) is 0 Å². The van der Waals surface area contributed by atoms with Gasteiger partial charge in [-0.15, -0.1) is 0 Å². The number of benzene rings is 5. The summed E-state index contributed by atoms with van der Waals surface area (Å²) in [6, 6.07) is 27.8. The molecule has 0 aliphatic rings. The van der Waals surface area contributed by atoms with E-state index >= 15 is 0 Å². The fourth-order valence-corrected chi connectivity index (χ4v) is 5.25. The summed E-state index contributed by atoms with van der Waals surface area (Å²) in [5, 5.41) is 10.4. The van der Waals surface area contributed by atoms with Gasteiger partial charge >= 0.3 is 0 Å². The molecule has 0 N–H and O–H groups in total. The van der Waals surface area contributed by atoms with Crippen LogP contribution in [0, 0.1) is 0 Å². The van der Waals surface area contributed by atoms with Crippen LogP contribution in [0.1, 0.15) is 0 Å². The molecular formula is C28H14O2. The maximum atomic E-state index is 13.7. The second kappa shape index (κ2) is 5.31. The zero-order chi connectivity index (χ0) is 20.0. The van der Waals surface area contributed by atoms with E-state index in [2.05, 4.69) is 12.1 Å². The highest BCUT2D eigenvalue weighted by molar-refractivity contribution is 6.39. The maximum Gasteiger partial charge on any atom is 0.194 e. The van der Waals surface area contributed by atoms with E-state index in [4.69, 9.17) is 0 Å². The molecule has 7 rings (SSSR count). The lowest BCUT2D eigenvalue weighted by Crippen LogP contribution is -1.97. The molecule has 0 radical (unpaired) electrons. The van der Waals surface area contributed by atoms with E-state index in [1.165, 1.54) is 0 Å². The molecule has 0 unspecified atom stereocenters. The minimum atomic E-state index is 0.00789. The summed E-state index contributed by atoms with van der Waals surface area (Å²) in [6.45, 7) is 0. The van der Waals surface area contributed by atoms with Crippen LogP contribution in [-0.4, -0.2) is 0 Å². The van der Waals surface area contributed by atoms with Gasteiger partial charge in [-0.1, -0.05) is 72.8 Å². The molecule has 7 aromatic rings. The van der Waals surface area contributed by atoms with Crippen molar-refractivity contribution in [2.24, 2.45) is 0 Å². The minimum Gasteiger partial charge on any atom is -0.289 e. The molecule has 0 bridgehead atoms. The van der Waals surface area contributed by atoms with Crippen LogP contribution in [0.15, 0.2) is 94.5 Å². The smallest absolute Gasteiger partial charge is 0.194 e. The Labute approximate surface area is 170 Å². The minimum absolute atomic E-state index is 0.00789. The molecule has 138 valence electrons. The van der Waals surface area contributed by atoms with E-state index in [-0.39, 0.29) is 10.9 Å². The first-order valence-electron chi connectivity index (χ1n) is 10.0. The highest BCUT2D eigenvalue weighted by Crippen LogP contribution is 2.41. The average molecular weight is 382 g/mol. The summed E-state index contributed by atoms with van der Waals surface area (Å²) in [5.41, 5.74) is 0.0192. The zero-order valence-corrected chi connectivity index (χ0v) is 15.9. The first-order valence-corrected chi connectivity index (χ1v) is 10.0. The summed E-state index contributed by atoms with van der Waals surface area (Å²) < 4.78 is 0. The first-order chi connectivity index (χ1) is 14.7. The highest BCUT2D eigenvalue weighted by atomic mass is 16.1. The predicted octanol–water partition coefficient (Wildman–Crippen LogP) is 6.20. The summed E-state index contributed by atoms with van der Waals surface area (Å²) >= 11 is 0. The Bertz CT molecular complexity index is 1930. The Morgan fingerprint density at radius 3 is 1.50 bits per heavy atom. The Morgan fingerprint density at radius 1 is 0.367 bits per heavy atom. The first kappa shape index (κ1) is 15.8. The lowest BCUT2D eigenvalue weighted by atomic mass is 9.97. The number of fused-ring (bicyclic) bond motifs is 11. The van der Waals surface area contributed by atoms with Crippen LogP contribution in [0.3, 0.4) is 0 Å². The molecule has 7 aromatic carbocycles. The third-order valence-corrected chi connectivity index (χ3v) is 6.51. The van der Waals surface area contributed by atoms with Gasteiger partial charge < -0.3 is 0 Å². The van der Waals surface area contributed by atoms with Gasteiger partial charge in [-0.2, -0.15) is 0 Å². The van der Waals surface area contributed by atoms with Gasteiger partial charge in [-0.25, -0.2) is 0 Å². The van der Waals surface area contributed by atoms with Crippen LogP contribution < -0.4 is 10.9 Å². The van der Waals surface area contributed by atoms with Crippen molar-refractivity contribution >= 4 is 64.6 Å². The van der Waals surface area contributed by atoms with Gasteiger partial charge in [0.2, 0.25) is 0 Å². The number of hydrogen-bond acceptors (Lipinski definition) is 2. The lowest BCUT2D eigenvalue weighted by Gasteiger charge is -2.05. The number of hydrogen-bond donors (Lipinski definition) is 0. The molecule has 0 spiro atoms. The van der Waals surface area contributed by atoms with Gasteiger partial charge in [-0.05, 0) is 44.5 Å². The van der Waals surface area contributed by atoms with Crippen molar-refractivity contribution in [3.63, 3.8) is 0 Å². The topological polar surface area (TPSA) is 34.1 Å². The maximum absolute atomic E-state index is 13.7. The third-order valence-electron chi connectivity index (χ3n) is 6.51. The second-order valence-corrected chi connectivity index (χ2v) is 7.99. The molecule has 0 amide bonds. The molecule has 0 aromatic heterocycles. The van der Waals surface area contributed by atoms with E-state index in [0.717, 1.165) is 48.5 Å². The van der Waals surface area contributed by atoms with Crippen molar-refractivity contribution in [2.45, 2.75) is 0 Å². The van der Waals surface area contributed by atoms with Gasteiger partial charge in [-0.3, -0.25) is 9.59 Å². The van der Waals surface area contributed by atoms with E-state index in [0.29, 0.717) is 16.2 Å².